The Hall–Kier alpha value is -2.15. The molecule has 210 valence electrons. The lowest BCUT2D eigenvalue weighted by molar-refractivity contribution is -0.148. The first kappa shape index (κ1) is 31.1. The maximum atomic E-state index is 12.0. The van der Waals surface area contributed by atoms with Crippen molar-refractivity contribution in [3.05, 3.63) is 29.8 Å². The Labute approximate surface area is 224 Å². The molecule has 1 aromatic rings. The molecule has 37 heavy (non-hydrogen) atoms. The summed E-state index contributed by atoms with van der Waals surface area (Å²) in [5, 5.41) is 16.2. The average molecular weight is 546 g/mol. The smallest absolute Gasteiger partial charge is 0.317 e. The van der Waals surface area contributed by atoms with E-state index in [1.165, 1.54) is 7.11 Å². The molecule has 3 atom stereocenters. The molecule has 0 aromatic heterocycles. The number of benzene rings is 1. The van der Waals surface area contributed by atoms with E-state index in [2.05, 4.69) is 10.6 Å². The van der Waals surface area contributed by atoms with Gasteiger partial charge in [0.25, 0.3) is 0 Å². The number of urea groups is 1. The third-order valence-electron chi connectivity index (χ3n) is 6.10. The van der Waals surface area contributed by atoms with Crippen LogP contribution in [0.25, 0.3) is 0 Å². The number of aliphatic hydroxyl groups is 1. The first-order valence-electron chi connectivity index (χ1n) is 12.4. The highest BCUT2D eigenvalue weighted by molar-refractivity contribution is 5.85. The number of esters is 1. The number of methoxy groups -OCH3 is 1. The molecule has 1 aromatic carbocycles. The molecule has 11 nitrogen and oxygen atoms in total. The second-order valence-electron chi connectivity index (χ2n) is 9.32. The highest BCUT2D eigenvalue weighted by atomic mass is 35.5. The van der Waals surface area contributed by atoms with Crippen LogP contribution in [0.1, 0.15) is 31.7 Å². The van der Waals surface area contributed by atoms with Crippen LogP contribution in [-0.4, -0.2) is 106 Å². The number of carbonyl (C=O) groups is 2. The zero-order chi connectivity index (χ0) is 26.0. The summed E-state index contributed by atoms with van der Waals surface area (Å²) in [6, 6.07) is 7.29. The van der Waals surface area contributed by atoms with E-state index >= 15 is 0 Å². The van der Waals surface area contributed by atoms with Gasteiger partial charge in [-0.25, -0.2) is 4.79 Å². The summed E-state index contributed by atoms with van der Waals surface area (Å²) in [6.07, 6.45) is -0.798. The van der Waals surface area contributed by atoms with Crippen LogP contribution in [0.5, 0.6) is 5.75 Å². The molecule has 2 heterocycles. The third kappa shape index (κ3) is 10.3. The molecule has 2 fully saturated rings. The molecule has 0 saturated carbocycles. The predicted molar refractivity (Wildman–Crippen MR) is 138 cm³/mol. The maximum absolute atomic E-state index is 12.0. The van der Waals surface area contributed by atoms with Crippen LogP contribution in [0.3, 0.4) is 0 Å². The molecule has 0 spiro atoms. The minimum absolute atomic E-state index is 0. The number of carbonyl (C=O) groups excluding carboxylic acids is 2. The predicted octanol–water partition coefficient (Wildman–Crippen LogP) is 1.28. The van der Waals surface area contributed by atoms with Crippen molar-refractivity contribution in [2.24, 2.45) is 0 Å². The van der Waals surface area contributed by atoms with E-state index in [0.717, 1.165) is 5.56 Å². The van der Waals surface area contributed by atoms with Crippen LogP contribution in [0.2, 0.25) is 0 Å². The van der Waals surface area contributed by atoms with Crippen molar-refractivity contribution in [3.63, 3.8) is 0 Å². The van der Waals surface area contributed by atoms with Crippen LogP contribution in [0.4, 0.5) is 4.79 Å². The second kappa shape index (κ2) is 15.3. The summed E-state index contributed by atoms with van der Waals surface area (Å²) < 4.78 is 27.5. The number of rotatable bonds is 12. The summed E-state index contributed by atoms with van der Waals surface area (Å²) >= 11 is 0. The van der Waals surface area contributed by atoms with E-state index in [1.54, 1.807) is 4.90 Å². The van der Waals surface area contributed by atoms with Crippen LogP contribution in [0, 0.1) is 0 Å². The zero-order valence-corrected chi connectivity index (χ0v) is 22.6. The molecule has 2 aliphatic rings. The lowest BCUT2D eigenvalue weighted by Crippen LogP contribution is -2.47. The summed E-state index contributed by atoms with van der Waals surface area (Å²) in [7, 11) is 1.37. The lowest BCUT2D eigenvalue weighted by atomic mass is 9.90. The number of hydrogen-bond donors (Lipinski definition) is 3. The quantitative estimate of drug-likeness (QED) is 0.263. The van der Waals surface area contributed by atoms with Crippen molar-refractivity contribution in [1.82, 2.24) is 15.5 Å². The van der Waals surface area contributed by atoms with Crippen molar-refractivity contribution in [2.75, 3.05) is 66.3 Å². The zero-order valence-electron chi connectivity index (χ0n) is 21.8. The fraction of sp³-hybridized carbons (Fsp3) is 0.680. The summed E-state index contributed by atoms with van der Waals surface area (Å²) in [5.41, 5.74) is 0.917. The van der Waals surface area contributed by atoms with Crippen LogP contribution < -0.4 is 15.4 Å². The van der Waals surface area contributed by atoms with E-state index in [0.29, 0.717) is 58.3 Å². The molecule has 2 saturated heterocycles. The summed E-state index contributed by atoms with van der Waals surface area (Å²) in [4.78, 5) is 25.7. The van der Waals surface area contributed by atoms with Gasteiger partial charge in [-0.3, -0.25) is 4.79 Å². The molecular formula is C25H40ClN3O8. The fourth-order valence-electron chi connectivity index (χ4n) is 4.11. The van der Waals surface area contributed by atoms with Crippen molar-refractivity contribution in [1.29, 1.82) is 0 Å². The topological polar surface area (TPSA) is 128 Å². The number of amides is 2. The highest BCUT2D eigenvalue weighted by Crippen LogP contribution is 2.35. The van der Waals surface area contributed by atoms with Gasteiger partial charge in [0, 0.05) is 38.6 Å². The van der Waals surface area contributed by atoms with E-state index in [1.807, 2.05) is 38.1 Å². The molecule has 2 aliphatic heterocycles. The van der Waals surface area contributed by atoms with Gasteiger partial charge >= 0.3 is 12.0 Å². The number of halogens is 1. The minimum atomic E-state index is -0.710. The second-order valence-corrected chi connectivity index (χ2v) is 9.32. The van der Waals surface area contributed by atoms with Gasteiger partial charge in [0.1, 0.15) is 18.5 Å². The number of nitrogens with zero attached hydrogens (tertiary/aromatic N) is 1. The van der Waals surface area contributed by atoms with Crippen molar-refractivity contribution in [3.8, 4) is 5.75 Å². The third-order valence-corrected chi connectivity index (χ3v) is 6.10. The monoisotopic (exact) mass is 545 g/mol. The van der Waals surface area contributed by atoms with Crippen LogP contribution in [-0.2, 0) is 23.7 Å². The minimum Gasteiger partial charge on any atom is -0.491 e. The Bertz CT molecular complexity index is 836. The molecule has 2 amide bonds. The largest absolute Gasteiger partial charge is 0.491 e. The van der Waals surface area contributed by atoms with Crippen molar-refractivity contribution < 1.29 is 38.4 Å². The lowest BCUT2D eigenvalue weighted by Gasteiger charge is -2.27. The number of hydrogen-bond acceptors (Lipinski definition) is 9. The van der Waals surface area contributed by atoms with Crippen molar-refractivity contribution >= 4 is 24.4 Å². The fourth-order valence-corrected chi connectivity index (χ4v) is 4.11. The van der Waals surface area contributed by atoms with E-state index in [-0.39, 0.29) is 49.5 Å². The first-order valence-corrected chi connectivity index (χ1v) is 12.4. The molecule has 12 heteroatoms. The van der Waals surface area contributed by atoms with Gasteiger partial charge in [-0.1, -0.05) is 12.1 Å². The van der Waals surface area contributed by atoms with Crippen LogP contribution in [0.15, 0.2) is 24.3 Å². The van der Waals surface area contributed by atoms with Gasteiger partial charge in [0.2, 0.25) is 0 Å². The van der Waals surface area contributed by atoms with Crippen molar-refractivity contribution in [2.45, 2.75) is 44.2 Å². The Kier molecular flexibility index (Phi) is 12.9. The summed E-state index contributed by atoms with van der Waals surface area (Å²) in [5.74, 6) is -0.617. The Morgan fingerprint density at radius 3 is 2.51 bits per heavy atom. The van der Waals surface area contributed by atoms with E-state index < -0.39 is 11.9 Å². The molecule has 3 N–H and O–H groups in total. The number of ether oxygens (including phenoxy) is 5. The van der Waals surface area contributed by atoms with Crippen LogP contribution >= 0.6 is 12.4 Å². The molecule has 3 rings (SSSR count). The molecule has 0 aliphatic carbocycles. The van der Waals surface area contributed by atoms with Gasteiger partial charge in [0.05, 0.1) is 39.5 Å². The SMILES string of the molecule is COC(=O)CC(c1ccc(OCC(O)CNCCNC(=O)N2CCOCC2)cc1)C1COC(C)(C)O1.Cl. The Balaban J connectivity index is 0.00000481. The number of aliphatic hydroxyl groups excluding tert-OH is 1. The Morgan fingerprint density at radius 1 is 1.19 bits per heavy atom. The molecule has 3 unspecified atom stereocenters. The van der Waals surface area contributed by atoms with E-state index in [9.17, 15) is 14.7 Å². The van der Waals surface area contributed by atoms with Gasteiger partial charge < -0.3 is 44.3 Å². The standard InChI is InChI=1S/C25H39N3O8.ClH/c1-25(2)35-17-22(36-25)21(14-23(30)32-3)18-4-6-20(7-5-18)34-16-19(29)15-26-8-9-27-24(31)28-10-12-33-13-11-28;/h4-7,19,21-22,26,29H,8-17H2,1-3H3,(H,27,31);1H. The average Bonchev–Trinajstić information content (AvgIpc) is 3.25. The Morgan fingerprint density at radius 2 is 1.89 bits per heavy atom. The first-order chi connectivity index (χ1) is 17.3. The number of morpholine rings is 1. The molecule has 0 bridgehead atoms. The molecular weight excluding hydrogens is 506 g/mol. The van der Waals surface area contributed by atoms with Gasteiger partial charge in [-0.05, 0) is 31.5 Å². The van der Waals surface area contributed by atoms with Gasteiger partial charge in [-0.2, -0.15) is 0 Å². The summed E-state index contributed by atoms with van der Waals surface area (Å²) in [6.45, 7) is 7.87. The van der Waals surface area contributed by atoms with Gasteiger partial charge in [-0.15, -0.1) is 12.4 Å². The maximum Gasteiger partial charge on any atom is 0.317 e. The number of nitrogens with one attached hydrogen (secondary N) is 2. The normalized spacial score (nSPS) is 20.4. The molecule has 0 radical (unpaired) electrons. The van der Waals surface area contributed by atoms with E-state index in [4.69, 9.17) is 23.7 Å². The highest BCUT2D eigenvalue weighted by Gasteiger charge is 2.39. The van der Waals surface area contributed by atoms with Gasteiger partial charge in [0.15, 0.2) is 5.79 Å².